The third-order valence-corrected chi connectivity index (χ3v) is 4.86. The Labute approximate surface area is 174 Å². The van der Waals surface area contributed by atoms with E-state index in [-0.39, 0.29) is 16.5 Å². The van der Waals surface area contributed by atoms with Crippen LogP contribution in [-0.2, 0) is 11.2 Å². The van der Waals surface area contributed by atoms with Gasteiger partial charge in [-0.2, -0.15) is 5.10 Å². The monoisotopic (exact) mass is 411 g/mol. The quantitative estimate of drug-likeness (QED) is 0.440. The fourth-order valence-electron chi connectivity index (χ4n) is 2.96. The number of hydrogen-bond acceptors (Lipinski definition) is 5. The number of rotatable bonds is 6. The predicted molar refractivity (Wildman–Crippen MR) is 111 cm³/mol. The highest BCUT2D eigenvalue weighted by Crippen LogP contribution is 2.20. The molecule has 1 unspecified atom stereocenters. The molecule has 0 aliphatic rings. The van der Waals surface area contributed by atoms with Gasteiger partial charge in [0.1, 0.15) is 0 Å². The smallest absolute Gasteiger partial charge is 0.359 e. The minimum Gasteiger partial charge on any atom is -0.449 e. The predicted octanol–water partition coefficient (Wildman–Crippen LogP) is 4.53. The van der Waals surface area contributed by atoms with Gasteiger partial charge in [0.25, 0.3) is 0 Å². The van der Waals surface area contributed by atoms with Gasteiger partial charge >= 0.3 is 5.97 Å². The Kier molecular flexibility index (Phi) is 6.13. The van der Waals surface area contributed by atoms with Crippen LogP contribution in [0.1, 0.15) is 51.6 Å². The Balaban J connectivity index is 1.79. The zero-order valence-corrected chi connectivity index (χ0v) is 17.5. The Morgan fingerprint density at radius 3 is 2.41 bits per heavy atom. The molecule has 0 bridgehead atoms. The van der Waals surface area contributed by atoms with Crippen molar-refractivity contribution in [3.8, 4) is 5.82 Å². The third-order valence-electron chi connectivity index (χ3n) is 4.55. The molecule has 0 saturated heterocycles. The van der Waals surface area contributed by atoms with Crippen molar-refractivity contribution in [3.05, 3.63) is 75.7 Å². The average Bonchev–Trinajstić information content (AvgIpc) is 3.05. The lowest BCUT2D eigenvalue weighted by Crippen LogP contribution is -2.25. The van der Waals surface area contributed by atoms with Gasteiger partial charge in [-0.15, -0.1) is 0 Å². The maximum atomic E-state index is 12.6. The van der Waals surface area contributed by atoms with Crippen LogP contribution in [0.4, 0.5) is 0 Å². The summed E-state index contributed by atoms with van der Waals surface area (Å²) in [6, 6.07) is 12.4. The van der Waals surface area contributed by atoms with Crippen molar-refractivity contribution in [3.63, 3.8) is 0 Å². The van der Waals surface area contributed by atoms with Crippen LogP contribution >= 0.6 is 11.6 Å². The molecule has 0 amide bonds. The number of pyridine rings is 1. The SMILES string of the molecule is CCc1ccc(C(=O)C(C)OC(=O)c2nc(-n3nc(C)cc3C)ccc2Cl)cc1. The van der Waals surface area contributed by atoms with Gasteiger partial charge in [-0.1, -0.05) is 42.8 Å². The molecule has 6 nitrogen and oxygen atoms in total. The number of ketones is 1. The second-order valence-electron chi connectivity index (χ2n) is 6.80. The summed E-state index contributed by atoms with van der Waals surface area (Å²) < 4.78 is 6.97. The number of benzene rings is 1. The topological polar surface area (TPSA) is 74.1 Å². The van der Waals surface area contributed by atoms with Crippen LogP contribution in [0, 0.1) is 13.8 Å². The molecule has 3 rings (SSSR count). The first-order valence-corrected chi connectivity index (χ1v) is 9.72. The summed E-state index contributed by atoms with van der Waals surface area (Å²) in [4.78, 5) is 29.5. The van der Waals surface area contributed by atoms with Gasteiger partial charge in [0.15, 0.2) is 17.6 Å². The molecular weight excluding hydrogens is 390 g/mol. The zero-order chi connectivity index (χ0) is 21.1. The number of hydrogen-bond donors (Lipinski definition) is 0. The molecule has 0 radical (unpaired) electrons. The number of carbonyl (C=O) groups is 2. The van der Waals surface area contributed by atoms with Gasteiger partial charge in [-0.25, -0.2) is 14.5 Å². The molecule has 150 valence electrons. The second kappa shape index (κ2) is 8.57. The number of Topliss-reactive ketones (excluding diaryl/α,β-unsaturated/α-hetero) is 1. The molecule has 2 aromatic heterocycles. The van der Waals surface area contributed by atoms with E-state index in [0.29, 0.717) is 11.4 Å². The van der Waals surface area contributed by atoms with Crippen molar-refractivity contribution >= 4 is 23.4 Å². The minimum atomic E-state index is -0.967. The number of esters is 1. The molecule has 0 fully saturated rings. The van der Waals surface area contributed by atoms with Crippen LogP contribution in [0.2, 0.25) is 5.02 Å². The summed E-state index contributed by atoms with van der Waals surface area (Å²) in [6.45, 7) is 7.33. The van der Waals surface area contributed by atoms with E-state index in [0.717, 1.165) is 23.4 Å². The van der Waals surface area contributed by atoms with Gasteiger partial charge in [-0.05, 0) is 51.0 Å². The van der Waals surface area contributed by atoms with Crippen LogP contribution in [0.15, 0.2) is 42.5 Å². The van der Waals surface area contributed by atoms with Crippen molar-refractivity contribution in [1.82, 2.24) is 14.8 Å². The third kappa shape index (κ3) is 4.54. The number of carbonyl (C=O) groups excluding carboxylic acids is 2. The van der Waals surface area contributed by atoms with Crippen LogP contribution in [0.25, 0.3) is 5.82 Å². The van der Waals surface area contributed by atoms with Gasteiger partial charge in [0, 0.05) is 11.3 Å². The van der Waals surface area contributed by atoms with Crippen molar-refractivity contribution < 1.29 is 14.3 Å². The molecule has 2 heterocycles. The zero-order valence-electron chi connectivity index (χ0n) is 16.8. The Bertz CT molecular complexity index is 1060. The number of nitrogens with zero attached hydrogens (tertiary/aromatic N) is 3. The van der Waals surface area contributed by atoms with Crippen molar-refractivity contribution in [2.45, 2.75) is 40.2 Å². The number of aryl methyl sites for hydroxylation is 3. The normalized spacial score (nSPS) is 11.9. The maximum absolute atomic E-state index is 12.6. The largest absolute Gasteiger partial charge is 0.449 e. The summed E-state index contributed by atoms with van der Waals surface area (Å²) >= 11 is 6.16. The van der Waals surface area contributed by atoms with E-state index >= 15 is 0 Å². The molecule has 1 aromatic carbocycles. The molecular formula is C22H22ClN3O3. The van der Waals surface area contributed by atoms with Crippen molar-refractivity contribution in [1.29, 1.82) is 0 Å². The number of halogens is 1. The first kappa shape index (κ1) is 20.7. The maximum Gasteiger partial charge on any atom is 0.359 e. The summed E-state index contributed by atoms with van der Waals surface area (Å²) in [5.74, 6) is -0.600. The molecule has 0 N–H and O–H groups in total. The van der Waals surface area contributed by atoms with E-state index in [1.807, 2.05) is 39.0 Å². The van der Waals surface area contributed by atoms with E-state index in [4.69, 9.17) is 16.3 Å². The fraction of sp³-hybridized carbons (Fsp3) is 0.273. The van der Waals surface area contributed by atoms with Gasteiger partial charge in [0.2, 0.25) is 5.78 Å². The van der Waals surface area contributed by atoms with E-state index < -0.39 is 12.1 Å². The Morgan fingerprint density at radius 2 is 1.83 bits per heavy atom. The molecule has 0 saturated carbocycles. The lowest BCUT2D eigenvalue weighted by Gasteiger charge is -2.13. The summed E-state index contributed by atoms with van der Waals surface area (Å²) in [5.41, 5.74) is 3.26. The Morgan fingerprint density at radius 1 is 1.14 bits per heavy atom. The Hall–Kier alpha value is -2.99. The summed E-state index contributed by atoms with van der Waals surface area (Å²) in [6.07, 6.45) is -0.0837. The number of aromatic nitrogens is 3. The highest BCUT2D eigenvalue weighted by molar-refractivity contribution is 6.33. The molecule has 29 heavy (non-hydrogen) atoms. The summed E-state index contributed by atoms with van der Waals surface area (Å²) in [5, 5.41) is 4.50. The lowest BCUT2D eigenvalue weighted by atomic mass is 10.0. The highest BCUT2D eigenvalue weighted by atomic mass is 35.5. The van der Waals surface area contributed by atoms with Crippen LogP contribution in [0.5, 0.6) is 0 Å². The standard InChI is InChI=1S/C22H22ClN3O3/c1-5-16-6-8-17(9-7-16)21(27)15(4)29-22(28)20-18(23)10-11-19(24-20)26-14(3)12-13(2)25-26/h6-12,15H,5H2,1-4H3. The average molecular weight is 412 g/mol. The highest BCUT2D eigenvalue weighted by Gasteiger charge is 2.23. The van der Waals surface area contributed by atoms with Crippen LogP contribution in [-0.4, -0.2) is 32.6 Å². The molecule has 7 heteroatoms. The summed E-state index contributed by atoms with van der Waals surface area (Å²) in [7, 11) is 0. The molecule has 1 atom stereocenters. The van der Waals surface area contributed by atoms with Crippen molar-refractivity contribution in [2.24, 2.45) is 0 Å². The second-order valence-corrected chi connectivity index (χ2v) is 7.21. The van der Waals surface area contributed by atoms with Gasteiger partial charge in [-0.3, -0.25) is 4.79 Å². The minimum absolute atomic E-state index is 0.0577. The van der Waals surface area contributed by atoms with E-state index in [1.54, 1.807) is 28.9 Å². The fourth-order valence-corrected chi connectivity index (χ4v) is 3.15. The lowest BCUT2D eigenvalue weighted by molar-refractivity contribution is 0.0313. The van der Waals surface area contributed by atoms with Gasteiger partial charge in [0.05, 0.1) is 10.7 Å². The van der Waals surface area contributed by atoms with E-state index in [1.165, 1.54) is 6.92 Å². The van der Waals surface area contributed by atoms with Crippen LogP contribution < -0.4 is 0 Å². The van der Waals surface area contributed by atoms with Crippen LogP contribution in [0.3, 0.4) is 0 Å². The first-order chi connectivity index (χ1) is 13.8. The molecule has 0 spiro atoms. The molecule has 0 aliphatic carbocycles. The van der Waals surface area contributed by atoms with Crippen molar-refractivity contribution in [2.75, 3.05) is 0 Å². The van der Waals surface area contributed by atoms with E-state index in [2.05, 4.69) is 10.1 Å². The molecule has 3 aromatic rings. The molecule has 0 aliphatic heterocycles. The van der Waals surface area contributed by atoms with E-state index in [9.17, 15) is 9.59 Å². The first-order valence-electron chi connectivity index (χ1n) is 9.34. The van der Waals surface area contributed by atoms with Gasteiger partial charge < -0.3 is 4.74 Å². The number of ether oxygens (including phenoxy) is 1.